The zero-order valence-corrected chi connectivity index (χ0v) is 8.24. The number of nitro groups is 1. The molecule has 0 unspecified atom stereocenters. The van der Waals surface area contributed by atoms with Gasteiger partial charge in [0.1, 0.15) is 17.3 Å². The third-order valence-corrected chi connectivity index (χ3v) is 1.82. The van der Waals surface area contributed by atoms with Crippen LogP contribution in [0.4, 0.5) is 15.8 Å². The van der Waals surface area contributed by atoms with Gasteiger partial charge in [0.05, 0.1) is 10.8 Å². The highest BCUT2D eigenvalue weighted by Gasteiger charge is 2.10. The fourth-order valence-corrected chi connectivity index (χ4v) is 0.945. The summed E-state index contributed by atoms with van der Waals surface area (Å²) in [6.45, 7) is 0. The molecular weight excluding hydrogens is 225 g/mol. The molecule has 0 heterocycles. The van der Waals surface area contributed by atoms with Crippen LogP contribution in [0.5, 0.6) is 0 Å². The lowest BCUT2D eigenvalue weighted by atomic mass is 10.3. The lowest BCUT2D eigenvalue weighted by Crippen LogP contribution is -2.12. The van der Waals surface area contributed by atoms with Gasteiger partial charge < -0.3 is 5.73 Å². The molecule has 1 rings (SSSR count). The maximum atomic E-state index is 13.1. The van der Waals surface area contributed by atoms with Crippen LogP contribution >= 0.6 is 11.6 Å². The summed E-state index contributed by atoms with van der Waals surface area (Å²) < 4.78 is 13.1. The lowest BCUT2D eigenvalue weighted by Gasteiger charge is -1.98. The first-order valence-electron chi connectivity index (χ1n) is 3.87. The first-order valence-corrected chi connectivity index (χ1v) is 4.41. The number of nitro benzene ring substituents is 1. The van der Waals surface area contributed by atoms with Crippen molar-refractivity contribution in [2.45, 2.75) is 0 Å². The van der Waals surface area contributed by atoms with E-state index in [2.05, 4.69) is 4.99 Å². The van der Waals surface area contributed by atoms with Crippen LogP contribution < -0.4 is 5.73 Å². The number of nitrogens with two attached hydrogens (primary N) is 1. The van der Waals surface area contributed by atoms with Crippen LogP contribution in [-0.4, -0.2) is 16.6 Å². The van der Waals surface area contributed by atoms with Gasteiger partial charge in [-0.1, -0.05) is 0 Å². The average molecular weight is 232 g/mol. The van der Waals surface area contributed by atoms with E-state index in [4.69, 9.17) is 17.3 Å². The van der Waals surface area contributed by atoms with Gasteiger partial charge >= 0.3 is 0 Å². The fraction of sp³-hybridized carbons (Fsp3) is 0.125. The van der Waals surface area contributed by atoms with Crippen molar-refractivity contribution in [1.29, 1.82) is 0 Å². The van der Waals surface area contributed by atoms with Gasteiger partial charge in [0.25, 0.3) is 5.69 Å². The Kier molecular flexibility index (Phi) is 3.56. The second-order valence-corrected chi connectivity index (χ2v) is 2.90. The molecule has 0 aliphatic rings. The molecule has 0 saturated carbocycles. The van der Waals surface area contributed by atoms with Crippen LogP contribution in [-0.2, 0) is 0 Å². The number of hydrogen-bond acceptors (Lipinski definition) is 3. The molecule has 0 saturated heterocycles. The van der Waals surface area contributed by atoms with Crippen molar-refractivity contribution >= 4 is 28.8 Å². The van der Waals surface area contributed by atoms with Crippen molar-refractivity contribution in [1.82, 2.24) is 0 Å². The largest absolute Gasteiger partial charge is 0.386 e. The maximum Gasteiger partial charge on any atom is 0.271 e. The maximum absolute atomic E-state index is 13.1. The average Bonchev–Trinajstić information content (AvgIpc) is 2.20. The number of nitrogens with zero attached hydrogens (tertiary/aromatic N) is 2. The molecule has 0 spiro atoms. The van der Waals surface area contributed by atoms with Crippen LogP contribution in [0.2, 0.25) is 0 Å². The van der Waals surface area contributed by atoms with Crippen molar-refractivity contribution < 1.29 is 9.31 Å². The highest BCUT2D eigenvalue weighted by atomic mass is 35.5. The summed E-state index contributed by atoms with van der Waals surface area (Å²) in [5.41, 5.74) is 4.84. The summed E-state index contributed by atoms with van der Waals surface area (Å²) in [7, 11) is 0. The monoisotopic (exact) mass is 231 g/mol. The molecule has 1 aromatic rings. The van der Waals surface area contributed by atoms with E-state index in [0.717, 1.165) is 18.2 Å². The summed E-state index contributed by atoms with van der Waals surface area (Å²) >= 11 is 5.34. The molecule has 0 atom stereocenters. The molecule has 0 amide bonds. The Balaban J connectivity index is 3.17. The standard InChI is InChI=1S/C8H7ClFN3O2/c9-4-8(11)12-7-3-5(13(14)15)1-2-6(7)10/h1-3H,4H2,(H2,11,12). The first kappa shape index (κ1) is 11.4. The van der Waals surface area contributed by atoms with Crippen LogP contribution in [0.25, 0.3) is 0 Å². The summed E-state index contributed by atoms with van der Waals surface area (Å²) in [5.74, 6) is -0.757. The van der Waals surface area contributed by atoms with Crippen LogP contribution in [0.3, 0.4) is 0 Å². The Morgan fingerprint density at radius 2 is 2.33 bits per heavy atom. The van der Waals surface area contributed by atoms with Gasteiger partial charge in [-0.2, -0.15) is 0 Å². The van der Waals surface area contributed by atoms with Crippen molar-refractivity contribution in [3.05, 3.63) is 34.1 Å². The highest BCUT2D eigenvalue weighted by molar-refractivity contribution is 6.28. The number of aliphatic imine (C=N–C) groups is 1. The molecule has 7 heteroatoms. The number of rotatable bonds is 3. The summed E-state index contributed by atoms with van der Waals surface area (Å²) in [6, 6.07) is 3.00. The van der Waals surface area contributed by atoms with Crippen LogP contribution in [0.15, 0.2) is 23.2 Å². The third kappa shape index (κ3) is 2.88. The van der Waals surface area contributed by atoms with Crippen molar-refractivity contribution in [3.8, 4) is 0 Å². The summed E-state index contributed by atoms with van der Waals surface area (Å²) in [5, 5.41) is 10.4. The third-order valence-electron chi connectivity index (χ3n) is 1.54. The minimum atomic E-state index is -0.686. The molecule has 0 fully saturated rings. The second kappa shape index (κ2) is 4.70. The normalized spacial score (nSPS) is 11.5. The van der Waals surface area contributed by atoms with Crippen LogP contribution in [0, 0.1) is 15.9 Å². The minimum Gasteiger partial charge on any atom is -0.386 e. The molecule has 80 valence electrons. The van der Waals surface area contributed by atoms with E-state index in [1.807, 2.05) is 0 Å². The van der Waals surface area contributed by atoms with E-state index in [-0.39, 0.29) is 23.1 Å². The number of alkyl halides is 1. The topological polar surface area (TPSA) is 81.5 Å². The van der Waals surface area contributed by atoms with Gasteiger partial charge in [-0.25, -0.2) is 9.38 Å². The number of non-ortho nitro benzene ring substituents is 1. The van der Waals surface area contributed by atoms with Crippen molar-refractivity contribution in [2.75, 3.05) is 5.88 Å². The zero-order chi connectivity index (χ0) is 11.4. The smallest absolute Gasteiger partial charge is 0.271 e. The van der Waals surface area contributed by atoms with Gasteiger partial charge in [0, 0.05) is 12.1 Å². The molecule has 0 aliphatic carbocycles. The molecule has 0 aromatic heterocycles. The number of amidine groups is 1. The van der Waals surface area contributed by atoms with Gasteiger partial charge in [0.15, 0.2) is 0 Å². The van der Waals surface area contributed by atoms with Crippen LogP contribution in [0.1, 0.15) is 0 Å². The number of hydrogen-bond donors (Lipinski definition) is 1. The Labute approximate surface area is 89.5 Å². The molecule has 15 heavy (non-hydrogen) atoms. The SMILES string of the molecule is NC(CCl)=Nc1cc([N+](=O)[O-])ccc1F. The number of benzene rings is 1. The summed E-state index contributed by atoms with van der Waals surface area (Å²) in [6.07, 6.45) is 0. The van der Waals surface area contributed by atoms with Gasteiger partial charge in [0.2, 0.25) is 0 Å². The van der Waals surface area contributed by atoms with E-state index in [0.29, 0.717) is 0 Å². The molecule has 2 N–H and O–H groups in total. The van der Waals surface area contributed by atoms with Crippen molar-refractivity contribution in [2.24, 2.45) is 10.7 Å². The predicted octanol–water partition coefficient (Wildman–Crippen LogP) is 1.96. The molecule has 5 nitrogen and oxygen atoms in total. The fourth-order valence-electron chi connectivity index (χ4n) is 0.885. The van der Waals surface area contributed by atoms with Gasteiger partial charge in [-0.05, 0) is 6.07 Å². The second-order valence-electron chi connectivity index (χ2n) is 2.63. The molecule has 0 aliphatic heterocycles. The van der Waals surface area contributed by atoms with Gasteiger partial charge in [-0.3, -0.25) is 10.1 Å². The highest BCUT2D eigenvalue weighted by Crippen LogP contribution is 2.23. The van der Waals surface area contributed by atoms with E-state index >= 15 is 0 Å². The Morgan fingerprint density at radius 3 is 2.87 bits per heavy atom. The number of halogens is 2. The van der Waals surface area contributed by atoms with E-state index in [1.54, 1.807) is 0 Å². The quantitative estimate of drug-likeness (QED) is 0.284. The van der Waals surface area contributed by atoms with E-state index in [9.17, 15) is 14.5 Å². The Hall–Kier alpha value is -1.69. The molecule has 0 radical (unpaired) electrons. The first-order chi connectivity index (χ1) is 7.04. The van der Waals surface area contributed by atoms with Crippen molar-refractivity contribution in [3.63, 3.8) is 0 Å². The van der Waals surface area contributed by atoms with E-state index < -0.39 is 10.7 Å². The lowest BCUT2D eigenvalue weighted by molar-refractivity contribution is -0.384. The van der Waals surface area contributed by atoms with E-state index in [1.165, 1.54) is 0 Å². The Morgan fingerprint density at radius 1 is 1.67 bits per heavy atom. The summed E-state index contributed by atoms with van der Waals surface area (Å²) in [4.78, 5) is 13.4. The minimum absolute atomic E-state index is 0.00364. The molecular formula is C8H7ClFN3O2. The molecule has 1 aromatic carbocycles. The Bertz CT molecular complexity index is 422. The zero-order valence-electron chi connectivity index (χ0n) is 7.48. The molecule has 0 bridgehead atoms. The van der Waals surface area contributed by atoms with Gasteiger partial charge in [-0.15, -0.1) is 11.6 Å². The predicted molar refractivity (Wildman–Crippen MR) is 55.1 cm³/mol.